The van der Waals surface area contributed by atoms with Crippen molar-refractivity contribution >= 4 is 37.6 Å². The summed E-state index contributed by atoms with van der Waals surface area (Å²) in [4.78, 5) is 18.7. The van der Waals surface area contributed by atoms with E-state index in [1.165, 1.54) is 27.1 Å². The van der Waals surface area contributed by atoms with E-state index in [1.807, 2.05) is 35.7 Å². The summed E-state index contributed by atoms with van der Waals surface area (Å²) in [5.41, 5.74) is 2.82. The Morgan fingerprint density at radius 1 is 1.03 bits per heavy atom. The van der Waals surface area contributed by atoms with Crippen LogP contribution in [0.1, 0.15) is 0 Å². The lowest BCUT2D eigenvalue weighted by Gasteiger charge is -2.33. The van der Waals surface area contributed by atoms with Gasteiger partial charge >= 0.3 is 5.76 Å². The van der Waals surface area contributed by atoms with Crippen LogP contribution >= 0.6 is 11.3 Å². The van der Waals surface area contributed by atoms with Gasteiger partial charge in [0, 0.05) is 44.2 Å². The Labute approximate surface area is 183 Å². The van der Waals surface area contributed by atoms with Crippen molar-refractivity contribution in [2.24, 2.45) is 7.05 Å². The summed E-state index contributed by atoms with van der Waals surface area (Å²) >= 11 is 1.57. The number of sulfonamides is 1. The van der Waals surface area contributed by atoms with Gasteiger partial charge in [-0.05, 0) is 18.2 Å². The molecule has 2 aromatic heterocycles. The Kier molecular flexibility index (Phi) is 4.92. The van der Waals surface area contributed by atoms with Crippen LogP contribution in [0.25, 0.3) is 22.4 Å². The van der Waals surface area contributed by atoms with Crippen molar-refractivity contribution in [2.45, 2.75) is 4.90 Å². The van der Waals surface area contributed by atoms with Crippen LogP contribution in [-0.2, 0) is 17.1 Å². The molecule has 10 heteroatoms. The molecular formula is C21H20N4O4S2. The highest BCUT2D eigenvalue weighted by atomic mass is 32.2. The molecule has 0 saturated carbocycles. The third-order valence-corrected chi connectivity index (χ3v) is 8.27. The number of nitrogens with zero attached hydrogens (tertiary/aromatic N) is 4. The number of thiazole rings is 1. The fraction of sp³-hybridized carbons (Fsp3) is 0.238. The monoisotopic (exact) mass is 456 g/mol. The van der Waals surface area contributed by atoms with Gasteiger partial charge in [-0.2, -0.15) is 4.31 Å². The smallest absolute Gasteiger partial charge is 0.408 e. The molecule has 0 N–H and O–H groups in total. The number of rotatable bonds is 4. The summed E-state index contributed by atoms with van der Waals surface area (Å²) in [6.07, 6.45) is 0. The number of fused-ring (bicyclic) bond motifs is 1. The Bertz CT molecular complexity index is 1400. The fourth-order valence-electron chi connectivity index (χ4n) is 3.69. The first-order chi connectivity index (χ1) is 14.9. The predicted octanol–water partition coefficient (Wildman–Crippen LogP) is 2.77. The summed E-state index contributed by atoms with van der Waals surface area (Å²) < 4.78 is 34.2. The molecule has 0 radical (unpaired) electrons. The molecular weight excluding hydrogens is 436 g/mol. The lowest BCUT2D eigenvalue weighted by atomic mass is 10.2. The zero-order chi connectivity index (χ0) is 21.6. The van der Waals surface area contributed by atoms with Crippen molar-refractivity contribution in [3.05, 3.63) is 64.5 Å². The molecule has 0 spiro atoms. The van der Waals surface area contributed by atoms with E-state index in [1.54, 1.807) is 18.4 Å². The first kappa shape index (κ1) is 20.0. The van der Waals surface area contributed by atoms with Crippen LogP contribution in [0, 0.1) is 0 Å². The Morgan fingerprint density at radius 2 is 1.77 bits per heavy atom. The summed E-state index contributed by atoms with van der Waals surface area (Å²) in [5.74, 6) is -0.517. The molecule has 3 heterocycles. The standard InChI is InChI=1S/C21H20N4O4S2/c1-23-18-13-16(7-8-19(18)29-21(23)26)31(27,28)25-11-9-24(10-12-25)20-22-17(14-30-20)15-5-3-2-4-6-15/h2-8,13-14H,9-12H2,1H3. The highest BCUT2D eigenvalue weighted by Gasteiger charge is 2.30. The van der Waals surface area contributed by atoms with Crippen LogP contribution in [-0.4, -0.2) is 48.5 Å². The second-order valence-electron chi connectivity index (χ2n) is 7.33. The van der Waals surface area contributed by atoms with E-state index in [0.29, 0.717) is 37.3 Å². The molecule has 2 aromatic carbocycles. The van der Waals surface area contributed by atoms with Crippen molar-refractivity contribution in [1.82, 2.24) is 13.9 Å². The topological polar surface area (TPSA) is 88.6 Å². The molecule has 0 unspecified atom stereocenters. The third-order valence-electron chi connectivity index (χ3n) is 5.47. The molecule has 0 bridgehead atoms. The van der Waals surface area contributed by atoms with Gasteiger partial charge in [0.25, 0.3) is 0 Å². The van der Waals surface area contributed by atoms with Crippen molar-refractivity contribution in [1.29, 1.82) is 0 Å². The van der Waals surface area contributed by atoms with Crippen LogP contribution in [0.3, 0.4) is 0 Å². The molecule has 1 aliphatic rings. The molecule has 8 nitrogen and oxygen atoms in total. The van der Waals surface area contributed by atoms with Crippen molar-refractivity contribution < 1.29 is 12.8 Å². The third kappa shape index (κ3) is 3.56. The van der Waals surface area contributed by atoms with Gasteiger partial charge in [-0.25, -0.2) is 18.2 Å². The van der Waals surface area contributed by atoms with Gasteiger partial charge < -0.3 is 9.32 Å². The number of oxazole rings is 1. The van der Waals surface area contributed by atoms with Gasteiger partial charge in [0.15, 0.2) is 10.7 Å². The lowest BCUT2D eigenvalue weighted by molar-refractivity contribution is 0.385. The molecule has 0 aliphatic carbocycles. The molecule has 31 heavy (non-hydrogen) atoms. The number of hydrogen-bond acceptors (Lipinski definition) is 7. The second kappa shape index (κ2) is 7.63. The van der Waals surface area contributed by atoms with Gasteiger partial charge in [-0.3, -0.25) is 4.57 Å². The maximum absolute atomic E-state index is 13.2. The van der Waals surface area contributed by atoms with E-state index in [2.05, 4.69) is 4.90 Å². The number of aryl methyl sites for hydroxylation is 1. The molecule has 1 fully saturated rings. The van der Waals surface area contributed by atoms with Gasteiger partial charge in [0.2, 0.25) is 10.0 Å². The molecule has 0 atom stereocenters. The summed E-state index contributed by atoms with van der Waals surface area (Å²) in [6.45, 7) is 1.86. The largest absolute Gasteiger partial charge is 0.419 e. The zero-order valence-electron chi connectivity index (χ0n) is 16.8. The van der Waals surface area contributed by atoms with E-state index < -0.39 is 15.8 Å². The average molecular weight is 457 g/mol. The van der Waals surface area contributed by atoms with E-state index in [9.17, 15) is 13.2 Å². The molecule has 4 aromatic rings. The zero-order valence-corrected chi connectivity index (χ0v) is 18.4. The highest BCUT2D eigenvalue weighted by Crippen LogP contribution is 2.29. The maximum atomic E-state index is 13.2. The van der Waals surface area contributed by atoms with Crippen molar-refractivity contribution in [3.8, 4) is 11.3 Å². The van der Waals surface area contributed by atoms with Crippen molar-refractivity contribution in [3.63, 3.8) is 0 Å². The highest BCUT2D eigenvalue weighted by molar-refractivity contribution is 7.89. The molecule has 160 valence electrons. The van der Waals surface area contributed by atoms with Crippen molar-refractivity contribution in [2.75, 3.05) is 31.1 Å². The van der Waals surface area contributed by atoms with Gasteiger partial charge in [-0.15, -0.1) is 11.3 Å². The number of anilines is 1. The Balaban J connectivity index is 1.33. The first-order valence-electron chi connectivity index (χ1n) is 9.79. The molecule has 1 saturated heterocycles. The molecule has 0 amide bonds. The second-order valence-corrected chi connectivity index (χ2v) is 10.1. The van der Waals surface area contributed by atoms with E-state index >= 15 is 0 Å². The summed E-state index contributed by atoms with van der Waals surface area (Å²) in [6, 6.07) is 14.5. The number of benzene rings is 2. The van der Waals surface area contributed by atoms with Crippen LogP contribution in [0.15, 0.2) is 68.0 Å². The minimum Gasteiger partial charge on any atom is -0.408 e. The minimum absolute atomic E-state index is 0.158. The molecule has 5 rings (SSSR count). The van der Waals surface area contributed by atoms with Gasteiger partial charge in [0.1, 0.15) is 0 Å². The Morgan fingerprint density at radius 3 is 2.52 bits per heavy atom. The SMILES string of the molecule is Cn1c(=O)oc2ccc(S(=O)(=O)N3CCN(c4nc(-c5ccccc5)cs4)CC3)cc21. The minimum atomic E-state index is -3.67. The fourth-order valence-corrected chi connectivity index (χ4v) is 6.02. The van der Waals surface area contributed by atoms with Crippen LogP contribution < -0.4 is 10.7 Å². The normalized spacial score (nSPS) is 15.6. The summed E-state index contributed by atoms with van der Waals surface area (Å²) in [7, 11) is -2.12. The van der Waals surface area contributed by atoms with E-state index in [-0.39, 0.29) is 4.90 Å². The summed E-state index contributed by atoms with van der Waals surface area (Å²) in [5, 5.41) is 2.92. The Hall–Kier alpha value is -2.95. The van der Waals surface area contributed by atoms with Gasteiger partial charge in [-0.1, -0.05) is 30.3 Å². The molecule has 1 aliphatic heterocycles. The van der Waals surface area contributed by atoms with E-state index in [0.717, 1.165) is 16.4 Å². The van der Waals surface area contributed by atoms with Crippen LogP contribution in [0.4, 0.5) is 5.13 Å². The number of aromatic nitrogens is 2. The predicted molar refractivity (Wildman–Crippen MR) is 120 cm³/mol. The maximum Gasteiger partial charge on any atom is 0.419 e. The van der Waals surface area contributed by atoms with Gasteiger partial charge in [0.05, 0.1) is 16.1 Å². The van der Waals surface area contributed by atoms with Crippen LogP contribution in [0.2, 0.25) is 0 Å². The quantitative estimate of drug-likeness (QED) is 0.469. The number of piperazine rings is 1. The van der Waals surface area contributed by atoms with Crippen LogP contribution in [0.5, 0.6) is 0 Å². The lowest BCUT2D eigenvalue weighted by Crippen LogP contribution is -2.48. The number of hydrogen-bond donors (Lipinski definition) is 0. The average Bonchev–Trinajstić information content (AvgIpc) is 3.40. The van der Waals surface area contributed by atoms with E-state index in [4.69, 9.17) is 9.40 Å². The first-order valence-corrected chi connectivity index (χ1v) is 12.1.